The van der Waals surface area contributed by atoms with Gasteiger partial charge in [0.1, 0.15) is 0 Å². The zero-order chi connectivity index (χ0) is 13.8. The number of carbonyl (C=O) groups excluding carboxylic acids is 1. The summed E-state index contributed by atoms with van der Waals surface area (Å²) in [7, 11) is 0. The third-order valence-electron chi connectivity index (χ3n) is 3.07. The van der Waals surface area contributed by atoms with Crippen molar-refractivity contribution in [2.45, 2.75) is 25.5 Å². The first-order chi connectivity index (χ1) is 9.08. The molecule has 1 aromatic heterocycles. The van der Waals surface area contributed by atoms with E-state index in [1.165, 1.54) is 10.4 Å². The van der Waals surface area contributed by atoms with Crippen LogP contribution in [-0.2, 0) is 17.8 Å². The molecule has 1 aliphatic heterocycles. The molecule has 2 heterocycles. The maximum atomic E-state index is 11.9. The van der Waals surface area contributed by atoms with E-state index in [2.05, 4.69) is 5.32 Å². The van der Waals surface area contributed by atoms with E-state index in [0.717, 1.165) is 6.42 Å². The fourth-order valence-electron chi connectivity index (χ4n) is 1.97. The number of aliphatic hydroxyl groups is 1. The maximum Gasteiger partial charge on any atom is 0.332 e. The van der Waals surface area contributed by atoms with Crippen molar-refractivity contribution in [1.82, 2.24) is 10.2 Å². The molecule has 0 saturated heterocycles. The van der Waals surface area contributed by atoms with Gasteiger partial charge in [-0.25, -0.2) is 9.59 Å². The zero-order valence-electron chi connectivity index (χ0n) is 10.3. The first kappa shape index (κ1) is 13.8. The molecule has 2 rings (SSSR count). The molecule has 0 fully saturated rings. The number of rotatable bonds is 4. The molecular weight excluding hydrogens is 268 g/mol. The van der Waals surface area contributed by atoms with Crippen molar-refractivity contribution in [3.63, 3.8) is 0 Å². The molecular formula is C12H16N2O4S. The third-order valence-corrected chi connectivity index (χ3v) is 4.10. The molecule has 0 aromatic carbocycles. The molecule has 0 bridgehead atoms. The molecule has 6 nitrogen and oxygen atoms in total. The number of hydrogen-bond acceptors (Lipinski definition) is 4. The number of hydrogen-bond donors (Lipinski definition) is 3. The number of aliphatic carboxylic acids is 1. The molecule has 1 aromatic rings. The predicted molar refractivity (Wildman–Crippen MR) is 70.1 cm³/mol. The van der Waals surface area contributed by atoms with Crippen LogP contribution in [0.1, 0.15) is 16.9 Å². The van der Waals surface area contributed by atoms with Gasteiger partial charge < -0.3 is 20.4 Å². The lowest BCUT2D eigenvalue weighted by Crippen LogP contribution is -2.43. The second-order valence-corrected chi connectivity index (χ2v) is 5.42. The largest absolute Gasteiger partial charge is 0.479 e. The lowest BCUT2D eigenvalue weighted by Gasteiger charge is -2.27. The molecule has 0 radical (unpaired) electrons. The molecule has 0 unspecified atom stereocenters. The first-order valence-electron chi connectivity index (χ1n) is 6.07. The summed E-state index contributed by atoms with van der Waals surface area (Å²) in [4.78, 5) is 25.3. The van der Waals surface area contributed by atoms with Gasteiger partial charge in [-0.2, -0.15) is 0 Å². The van der Waals surface area contributed by atoms with E-state index < -0.39 is 12.1 Å². The van der Waals surface area contributed by atoms with Gasteiger partial charge in [0.05, 0.1) is 0 Å². The highest BCUT2D eigenvalue weighted by Gasteiger charge is 2.21. The molecule has 0 spiro atoms. The summed E-state index contributed by atoms with van der Waals surface area (Å²) < 4.78 is 0. The fraction of sp³-hybridized carbons (Fsp3) is 0.500. The van der Waals surface area contributed by atoms with Crippen LogP contribution in [0.3, 0.4) is 0 Å². The average molecular weight is 284 g/mol. The molecule has 104 valence electrons. The fourth-order valence-corrected chi connectivity index (χ4v) is 2.86. The van der Waals surface area contributed by atoms with Gasteiger partial charge >= 0.3 is 12.0 Å². The highest BCUT2D eigenvalue weighted by molar-refractivity contribution is 7.10. The number of amides is 2. The standard InChI is InChI=1S/C12H16N2O4S/c15-9(11(16)17)1-4-13-12(18)14-5-2-10-8(7-14)3-6-19-10/h3,6,9,15H,1-2,4-5,7H2,(H,13,18)(H,16,17)/t9-/m0/s1. The van der Waals surface area contributed by atoms with Gasteiger partial charge in [0.15, 0.2) is 6.10 Å². The van der Waals surface area contributed by atoms with E-state index in [4.69, 9.17) is 10.2 Å². The third kappa shape index (κ3) is 3.45. The lowest BCUT2D eigenvalue weighted by atomic mass is 10.1. The molecule has 1 atom stereocenters. The van der Waals surface area contributed by atoms with Crippen LogP contribution in [-0.4, -0.2) is 46.3 Å². The van der Waals surface area contributed by atoms with Crippen LogP contribution < -0.4 is 5.32 Å². The smallest absolute Gasteiger partial charge is 0.332 e. The van der Waals surface area contributed by atoms with Crippen LogP contribution >= 0.6 is 11.3 Å². The van der Waals surface area contributed by atoms with Gasteiger partial charge in [0.2, 0.25) is 0 Å². The monoisotopic (exact) mass is 284 g/mol. The van der Waals surface area contributed by atoms with Crippen molar-refractivity contribution in [1.29, 1.82) is 0 Å². The minimum Gasteiger partial charge on any atom is -0.479 e. The summed E-state index contributed by atoms with van der Waals surface area (Å²) in [5, 5.41) is 22.2. The minimum atomic E-state index is -1.43. The molecule has 1 aliphatic rings. The Labute approximate surface area is 114 Å². The van der Waals surface area contributed by atoms with E-state index in [-0.39, 0.29) is 19.0 Å². The number of urea groups is 1. The molecule has 2 amide bonds. The van der Waals surface area contributed by atoms with Gasteiger partial charge in [-0.3, -0.25) is 0 Å². The number of aliphatic hydroxyl groups excluding tert-OH is 1. The highest BCUT2D eigenvalue weighted by atomic mass is 32.1. The summed E-state index contributed by atoms with van der Waals surface area (Å²) >= 11 is 1.71. The van der Waals surface area contributed by atoms with Crippen LogP contribution in [0.25, 0.3) is 0 Å². The normalized spacial score (nSPS) is 15.7. The van der Waals surface area contributed by atoms with Crippen molar-refractivity contribution < 1.29 is 19.8 Å². The Morgan fingerprint density at radius 2 is 2.32 bits per heavy atom. The van der Waals surface area contributed by atoms with Crippen LogP contribution in [0.4, 0.5) is 4.79 Å². The van der Waals surface area contributed by atoms with Crippen LogP contribution in [0.5, 0.6) is 0 Å². The van der Waals surface area contributed by atoms with Crippen LogP contribution in [0, 0.1) is 0 Å². The summed E-state index contributed by atoms with van der Waals surface area (Å²) in [6, 6.07) is 1.81. The number of carbonyl (C=O) groups is 2. The molecule has 3 N–H and O–H groups in total. The second kappa shape index (κ2) is 6.03. The van der Waals surface area contributed by atoms with Crippen molar-refractivity contribution in [3.8, 4) is 0 Å². The number of carboxylic acids is 1. The lowest BCUT2D eigenvalue weighted by molar-refractivity contribution is -0.146. The SMILES string of the molecule is O=C(O)[C@@H](O)CCNC(=O)N1CCc2sccc2C1. The van der Waals surface area contributed by atoms with Crippen molar-refractivity contribution >= 4 is 23.3 Å². The van der Waals surface area contributed by atoms with E-state index in [0.29, 0.717) is 13.1 Å². The quantitative estimate of drug-likeness (QED) is 0.757. The Balaban J connectivity index is 1.77. The van der Waals surface area contributed by atoms with E-state index in [1.807, 2.05) is 11.4 Å². The van der Waals surface area contributed by atoms with Crippen molar-refractivity contribution in [2.24, 2.45) is 0 Å². The van der Waals surface area contributed by atoms with E-state index in [1.54, 1.807) is 16.2 Å². The zero-order valence-corrected chi connectivity index (χ0v) is 11.2. The first-order valence-corrected chi connectivity index (χ1v) is 6.95. The number of nitrogens with one attached hydrogen (secondary N) is 1. The Bertz CT molecular complexity index is 474. The van der Waals surface area contributed by atoms with Gasteiger partial charge in [-0.15, -0.1) is 11.3 Å². The summed E-state index contributed by atoms with van der Waals surface area (Å²) in [6.45, 7) is 1.41. The number of carboxylic acid groups (broad SMARTS) is 1. The molecule has 0 saturated carbocycles. The van der Waals surface area contributed by atoms with Crippen LogP contribution in [0.15, 0.2) is 11.4 Å². The van der Waals surface area contributed by atoms with Gasteiger partial charge in [-0.1, -0.05) is 0 Å². The molecule has 0 aliphatic carbocycles. The second-order valence-electron chi connectivity index (χ2n) is 4.42. The minimum absolute atomic E-state index is 0.0125. The Morgan fingerprint density at radius 3 is 3.05 bits per heavy atom. The molecule has 7 heteroatoms. The van der Waals surface area contributed by atoms with E-state index >= 15 is 0 Å². The Kier molecular flexibility index (Phi) is 4.39. The van der Waals surface area contributed by atoms with Gasteiger partial charge in [-0.05, 0) is 23.4 Å². The number of thiophene rings is 1. The highest BCUT2D eigenvalue weighted by Crippen LogP contribution is 2.23. The summed E-state index contributed by atoms with van der Waals surface area (Å²) in [5.74, 6) is -1.27. The number of nitrogens with zero attached hydrogens (tertiary/aromatic N) is 1. The van der Waals surface area contributed by atoms with E-state index in [9.17, 15) is 9.59 Å². The topological polar surface area (TPSA) is 89.9 Å². The number of fused-ring (bicyclic) bond motifs is 1. The van der Waals surface area contributed by atoms with Gasteiger partial charge in [0.25, 0.3) is 0 Å². The maximum absolute atomic E-state index is 11.9. The van der Waals surface area contributed by atoms with Crippen LogP contribution in [0.2, 0.25) is 0 Å². The van der Waals surface area contributed by atoms with Gasteiger partial charge in [0, 0.05) is 30.9 Å². The summed E-state index contributed by atoms with van der Waals surface area (Å²) in [5.41, 5.74) is 1.18. The molecule has 19 heavy (non-hydrogen) atoms. The Morgan fingerprint density at radius 1 is 1.53 bits per heavy atom. The average Bonchev–Trinajstić information content (AvgIpc) is 2.85. The van der Waals surface area contributed by atoms with Crippen molar-refractivity contribution in [2.75, 3.05) is 13.1 Å². The van der Waals surface area contributed by atoms with Crippen molar-refractivity contribution in [3.05, 3.63) is 21.9 Å². The predicted octanol–water partition coefficient (Wildman–Crippen LogP) is 0.651. The Hall–Kier alpha value is -1.60. The summed E-state index contributed by atoms with van der Waals surface area (Å²) in [6.07, 6.45) is -0.554.